The van der Waals surface area contributed by atoms with E-state index >= 15 is 0 Å². The number of carbonyl (C=O) groups is 1. The van der Waals surface area contributed by atoms with Crippen molar-refractivity contribution in [1.29, 1.82) is 0 Å². The molecule has 4 aromatic rings. The molecule has 1 aromatic heterocycles. The second-order valence-electron chi connectivity index (χ2n) is 6.77. The number of methoxy groups -OCH3 is 2. The summed E-state index contributed by atoms with van der Waals surface area (Å²) in [5.74, 6) is 0.781. The number of aromatic nitrogens is 1. The molecular formula is C24H20ClN3O3S. The molecule has 8 heteroatoms. The van der Waals surface area contributed by atoms with Crippen LogP contribution >= 0.6 is 22.9 Å². The molecule has 0 saturated carbocycles. The highest BCUT2D eigenvalue weighted by molar-refractivity contribution is 7.14. The zero-order chi connectivity index (χ0) is 22.5. The molecule has 0 unspecified atom stereocenters. The van der Waals surface area contributed by atoms with Crippen molar-refractivity contribution in [1.82, 2.24) is 4.98 Å². The first-order valence-electron chi connectivity index (χ1n) is 9.67. The number of benzene rings is 3. The second-order valence-corrected chi connectivity index (χ2v) is 8.07. The van der Waals surface area contributed by atoms with Gasteiger partial charge in [0.05, 0.1) is 25.5 Å². The van der Waals surface area contributed by atoms with E-state index in [1.54, 1.807) is 25.3 Å². The van der Waals surface area contributed by atoms with E-state index < -0.39 is 0 Å². The predicted octanol–water partition coefficient (Wildman–Crippen LogP) is 6.48. The maximum Gasteiger partial charge on any atom is 0.259 e. The molecule has 1 heterocycles. The summed E-state index contributed by atoms with van der Waals surface area (Å²) in [6.07, 6.45) is 0. The standard InChI is InChI=1S/C24H20ClN3O3S/c1-30-19-9-10-20(22(13-19)31-2)23(29)26-17-7-3-5-15(11-17)21-14-32-24(28-21)27-18-8-4-6-16(25)12-18/h3-14H,1-2H3,(H,26,29)(H,27,28). The lowest BCUT2D eigenvalue weighted by molar-refractivity contribution is 0.102. The monoisotopic (exact) mass is 465 g/mol. The quantitative estimate of drug-likeness (QED) is 0.327. The lowest BCUT2D eigenvalue weighted by Gasteiger charge is -2.11. The minimum Gasteiger partial charge on any atom is -0.497 e. The summed E-state index contributed by atoms with van der Waals surface area (Å²) in [6, 6.07) is 20.1. The minimum absolute atomic E-state index is 0.275. The van der Waals surface area contributed by atoms with E-state index in [0.29, 0.717) is 27.8 Å². The maximum atomic E-state index is 12.8. The van der Waals surface area contributed by atoms with E-state index in [1.165, 1.54) is 18.4 Å². The van der Waals surface area contributed by atoms with Crippen molar-refractivity contribution in [3.63, 3.8) is 0 Å². The number of halogens is 1. The van der Waals surface area contributed by atoms with Gasteiger partial charge in [0, 0.05) is 33.4 Å². The van der Waals surface area contributed by atoms with Gasteiger partial charge in [0.1, 0.15) is 11.5 Å². The molecule has 1 amide bonds. The number of ether oxygens (including phenoxy) is 2. The number of nitrogens with zero attached hydrogens (tertiary/aromatic N) is 1. The molecule has 0 radical (unpaired) electrons. The molecule has 2 N–H and O–H groups in total. The van der Waals surface area contributed by atoms with E-state index in [4.69, 9.17) is 21.1 Å². The third kappa shape index (κ3) is 5.01. The molecule has 0 bridgehead atoms. The number of thiazole rings is 1. The molecule has 0 fully saturated rings. The van der Waals surface area contributed by atoms with Crippen LogP contribution in [0.5, 0.6) is 11.5 Å². The largest absolute Gasteiger partial charge is 0.497 e. The van der Waals surface area contributed by atoms with Crippen molar-refractivity contribution in [2.24, 2.45) is 0 Å². The average molecular weight is 466 g/mol. The number of hydrogen-bond donors (Lipinski definition) is 2. The van der Waals surface area contributed by atoms with Crippen LogP contribution in [0, 0.1) is 0 Å². The molecule has 0 aliphatic rings. The molecule has 0 aliphatic carbocycles. The van der Waals surface area contributed by atoms with Gasteiger partial charge in [-0.15, -0.1) is 11.3 Å². The Hall–Kier alpha value is -3.55. The molecule has 4 rings (SSSR count). The van der Waals surface area contributed by atoms with E-state index in [0.717, 1.165) is 22.1 Å². The number of hydrogen-bond acceptors (Lipinski definition) is 6. The van der Waals surface area contributed by atoms with Gasteiger partial charge in [-0.2, -0.15) is 0 Å². The Morgan fingerprint density at radius 1 is 0.969 bits per heavy atom. The van der Waals surface area contributed by atoms with E-state index in [9.17, 15) is 4.79 Å². The Morgan fingerprint density at radius 2 is 1.78 bits per heavy atom. The van der Waals surface area contributed by atoms with Crippen LogP contribution in [0.4, 0.5) is 16.5 Å². The topological polar surface area (TPSA) is 72.5 Å². The van der Waals surface area contributed by atoms with Crippen molar-refractivity contribution in [3.05, 3.63) is 82.7 Å². The Morgan fingerprint density at radius 3 is 2.56 bits per heavy atom. The number of anilines is 3. The number of rotatable bonds is 7. The van der Waals surface area contributed by atoms with Crippen LogP contribution < -0.4 is 20.1 Å². The van der Waals surface area contributed by atoms with Gasteiger partial charge < -0.3 is 20.1 Å². The van der Waals surface area contributed by atoms with Gasteiger partial charge in [0.2, 0.25) is 0 Å². The first-order chi connectivity index (χ1) is 15.6. The van der Waals surface area contributed by atoms with E-state index in [2.05, 4.69) is 15.6 Å². The Kier molecular flexibility index (Phi) is 6.58. The summed E-state index contributed by atoms with van der Waals surface area (Å²) in [7, 11) is 3.08. The summed E-state index contributed by atoms with van der Waals surface area (Å²) in [6.45, 7) is 0. The summed E-state index contributed by atoms with van der Waals surface area (Å²) in [5, 5.41) is 9.54. The van der Waals surface area contributed by atoms with Gasteiger partial charge in [-0.25, -0.2) is 4.98 Å². The van der Waals surface area contributed by atoms with Gasteiger partial charge in [0.25, 0.3) is 5.91 Å². The minimum atomic E-state index is -0.275. The van der Waals surface area contributed by atoms with Crippen LogP contribution in [0.25, 0.3) is 11.3 Å². The molecule has 32 heavy (non-hydrogen) atoms. The number of carbonyl (C=O) groups excluding carboxylic acids is 1. The van der Waals surface area contributed by atoms with E-state index in [1.807, 2.05) is 53.9 Å². The van der Waals surface area contributed by atoms with Gasteiger partial charge in [-0.3, -0.25) is 4.79 Å². The van der Waals surface area contributed by atoms with Crippen LogP contribution in [-0.4, -0.2) is 25.1 Å². The highest BCUT2D eigenvalue weighted by Gasteiger charge is 2.14. The van der Waals surface area contributed by atoms with Crippen LogP contribution in [0.15, 0.2) is 72.1 Å². The Balaban J connectivity index is 1.51. The summed E-state index contributed by atoms with van der Waals surface area (Å²) < 4.78 is 10.5. The zero-order valence-corrected chi connectivity index (χ0v) is 19.0. The smallest absolute Gasteiger partial charge is 0.259 e. The predicted molar refractivity (Wildman–Crippen MR) is 130 cm³/mol. The lowest BCUT2D eigenvalue weighted by atomic mass is 10.1. The molecule has 6 nitrogen and oxygen atoms in total. The van der Waals surface area contributed by atoms with Gasteiger partial charge >= 0.3 is 0 Å². The molecular weight excluding hydrogens is 446 g/mol. The van der Waals surface area contributed by atoms with Gasteiger partial charge in [0.15, 0.2) is 5.13 Å². The van der Waals surface area contributed by atoms with Gasteiger partial charge in [-0.1, -0.05) is 29.8 Å². The van der Waals surface area contributed by atoms with Crippen LogP contribution in [0.1, 0.15) is 10.4 Å². The molecule has 3 aromatic carbocycles. The van der Waals surface area contributed by atoms with Gasteiger partial charge in [-0.05, 0) is 42.5 Å². The van der Waals surface area contributed by atoms with Crippen LogP contribution in [0.3, 0.4) is 0 Å². The highest BCUT2D eigenvalue weighted by atomic mass is 35.5. The zero-order valence-electron chi connectivity index (χ0n) is 17.4. The normalized spacial score (nSPS) is 10.5. The first-order valence-corrected chi connectivity index (χ1v) is 10.9. The maximum absolute atomic E-state index is 12.8. The first kappa shape index (κ1) is 21.7. The van der Waals surface area contributed by atoms with Crippen molar-refractivity contribution in [2.45, 2.75) is 0 Å². The average Bonchev–Trinajstić information content (AvgIpc) is 3.27. The number of amides is 1. The van der Waals surface area contributed by atoms with Crippen molar-refractivity contribution >= 4 is 45.4 Å². The number of nitrogens with one attached hydrogen (secondary N) is 2. The molecule has 0 saturated heterocycles. The third-order valence-corrected chi connectivity index (χ3v) is 5.64. The Labute approximate surface area is 194 Å². The van der Waals surface area contributed by atoms with Crippen molar-refractivity contribution in [3.8, 4) is 22.8 Å². The summed E-state index contributed by atoms with van der Waals surface area (Å²) in [4.78, 5) is 17.5. The third-order valence-electron chi connectivity index (χ3n) is 4.65. The Bertz CT molecular complexity index is 1260. The highest BCUT2D eigenvalue weighted by Crippen LogP contribution is 2.30. The van der Waals surface area contributed by atoms with Crippen molar-refractivity contribution in [2.75, 3.05) is 24.9 Å². The molecule has 162 valence electrons. The molecule has 0 spiro atoms. The molecule has 0 atom stereocenters. The van der Waals surface area contributed by atoms with Crippen LogP contribution in [0.2, 0.25) is 5.02 Å². The summed E-state index contributed by atoms with van der Waals surface area (Å²) in [5.41, 5.74) is 3.63. The lowest BCUT2D eigenvalue weighted by Crippen LogP contribution is -2.13. The summed E-state index contributed by atoms with van der Waals surface area (Å²) >= 11 is 7.53. The fraction of sp³-hybridized carbons (Fsp3) is 0.0833. The second kappa shape index (κ2) is 9.72. The fourth-order valence-electron chi connectivity index (χ4n) is 3.09. The molecule has 0 aliphatic heterocycles. The fourth-order valence-corrected chi connectivity index (χ4v) is 4.02. The van der Waals surface area contributed by atoms with E-state index in [-0.39, 0.29) is 5.91 Å². The SMILES string of the molecule is COc1ccc(C(=O)Nc2cccc(-c3csc(Nc4cccc(Cl)c4)n3)c2)c(OC)c1. The van der Waals surface area contributed by atoms with Crippen molar-refractivity contribution < 1.29 is 14.3 Å². The van der Waals surface area contributed by atoms with Crippen LogP contribution in [-0.2, 0) is 0 Å².